The molecule has 0 saturated heterocycles. The van der Waals surface area contributed by atoms with Crippen LogP contribution in [0.1, 0.15) is 10.5 Å². The number of benzene rings is 1. The minimum atomic E-state index is -0.626. The number of para-hydroxylation sites is 1. The Kier molecular flexibility index (Phi) is 4.75. The molecule has 0 aliphatic carbocycles. The van der Waals surface area contributed by atoms with E-state index in [-0.39, 0.29) is 17.1 Å². The van der Waals surface area contributed by atoms with Crippen LogP contribution >= 0.6 is 0 Å². The highest BCUT2D eigenvalue weighted by Crippen LogP contribution is 2.21. The Bertz CT molecular complexity index is 890. The first-order chi connectivity index (χ1) is 12.1. The van der Waals surface area contributed by atoms with Gasteiger partial charge in [-0.05, 0) is 12.1 Å². The molecule has 3 rings (SSSR count). The van der Waals surface area contributed by atoms with E-state index < -0.39 is 11.7 Å². The van der Waals surface area contributed by atoms with Crippen molar-refractivity contribution in [1.29, 1.82) is 0 Å². The largest absolute Gasteiger partial charge is 0.504 e. The van der Waals surface area contributed by atoms with Gasteiger partial charge in [-0.3, -0.25) is 9.48 Å². The maximum Gasteiger partial charge on any atom is 0.280 e. The summed E-state index contributed by atoms with van der Waals surface area (Å²) in [5.74, 6) is -1.50. The normalized spacial score (nSPS) is 10.8. The van der Waals surface area contributed by atoms with Crippen LogP contribution in [0.3, 0.4) is 0 Å². The topological polar surface area (TPSA) is 94.2 Å². The summed E-state index contributed by atoms with van der Waals surface area (Å²) in [7, 11) is 1.58. The summed E-state index contributed by atoms with van der Waals surface area (Å²) in [5, 5.41) is 20.6. The lowest BCUT2D eigenvalue weighted by Crippen LogP contribution is -2.13. The van der Waals surface area contributed by atoms with Crippen molar-refractivity contribution in [1.82, 2.24) is 19.6 Å². The van der Waals surface area contributed by atoms with Crippen LogP contribution in [0.15, 0.2) is 42.9 Å². The molecule has 0 spiro atoms. The van der Waals surface area contributed by atoms with Crippen molar-refractivity contribution in [3.05, 3.63) is 54.4 Å². The fraction of sp³-hybridized carbons (Fsp3) is 0.188. The maximum atomic E-state index is 13.8. The second kappa shape index (κ2) is 7.14. The monoisotopic (exact) mass is 345 g/mol. The Hall–Kier alpha value is -3.20. The van der Waals surface area contributed by atoms with Crippen LogP contribution in [-0.2, 0) is 11.3 Å². The third-order valence-electron chi connectivity index (χ3n) is 3.42. The summed E-state index contributed by atoms with van der Waals surface area (Å²) in [5.41, 5.74) is 0.359. The zero-order valence-corrected chi connectivity index (χ0v) is 13.4. The van der Waals surface area contributed by atoms with Gasteiger partial charge >= 0.3 is 0 Å². The van der Waals surface area contributed by atoms with Gasteiger partial charge in [0.15, 0.2) is 11.4 Å². The van der Waals surface area contributed by atoms with Crippen molar-refractivity contribution in [2.24, 2.45) is 0 Å². The Balaban J connectivity index is 1.77. The van der Waals surface area contributed by atoms with E-state index in [2.05, 4.69) is 15.5 Å². The predicted octanol–water partition coefficient (Wildman–Crippen LogP) is 1.81. The van der Waals surface area contributed by atoms with Crippen molar-refractivity contribution in [3.63, 3.8) is 0 Å². The minimum Gasteiger partial charge on any atom is -0.504 e. The summed E-state index contributed by atoms with van der Waals surface area (Å²) in [6.45, 7) is 1.03. The molecule has 8 nitrogen and oxygen atoms in total. The SMILES string of the molecule is COCCn1cc(NC(=O)c2nn(-c3ccccc3F)cc2O)cn1. The van der Waals surface area contributed by atoms with E-state index in [9.17, 15) is 14.3 Å². The molecule has 1 amide bonds. The number of hydrogen-bond donors (Lipinski definition) is 2. The lowest BCUT2D eigenvalue weighted by Gasteiger charge is -2.02. The number of ether oxygens (including phenoxy) is 1. The Morgan fingerprint density at radius 1 is 1.36 bits per heavy atom. The fourth-order valence-electron chi connectivity index (χ4n) is 2.21. The van der Waals surface area contributed by atoms with Crippen LogP contribution in [0.4, 0.5) is 10.1 Å². The number of methoxy groups -OCH3 is 1. The molecule has 0 saturated carbocycles. The molecule has 25 heavy (non-hydrogen) atoms. The quantitative estimate of drug-likeness (QED) is 0.711. The molecule has 0 radical (unpaired) electrons. The highest BCUT2D eigenvalue weighted by Gasteiger charge is 2.19. The summed E-state index contributed by atoms with van der Waals surface area (Å²) in [4.78, 5) is 12.3. The number of halogens is 1. The Labute approximate surface area is 142 Å². The van der Waals surface area contributed by atoms with Crippen molar-refractivity contribution in [3.8, 4) is 11.4 Å². The summed E-state index contributed by atoms with van der Waals surface area (Å²) < 4.78 is 21.5. The molecule has 0 bridgehead atoms. The highest BCUT2D eigenvalue weighted by atomic mass is 19.1. The number of nitrogens with zero attached hydrogens (tertiary/aromatic N) is 4. The zero-order chi connectivity index (χ0) is 17.8. The van der Waals surface area contributed by atoms with Crippen LogP contribution in [0.2, 0.25) is 0 Å². The van der Waals surface area contributed by atoms with E-state index in [1.165, 1.54) is 30.6 Å². The third-order valence-corrected chi connectivity index (χ3v) is 3.42. The fourth-order valence-corrected chi connectivity index (χ4v) is 2.21. The highest BCUT2D eigenvalue weighted by molar-refractivity contribution is 6.04. The number of anilines is 1. The molecule has 130 valence electrons. The van der Waals surface area contributed by atoms with Gasteiger partial charge in [0, 0.05) is 13.3 Å². The zero-order valence-electron chi connectivity index (χ0n) is 13.4. The number of aromatic nitrogens is 4. The van der Waals surface area contributed by atoms with Crippen LogP contribution in [-0.4, -0.2) is 44.3 Å². The number of amides is 1. The van der Waals surface area contributed by atoms with Gasteiger partial charge in [-0.2, -0.15) is 10.2 Å². The minimum absolute atomic E-state index is 0.129. The molecule has 9 heteroatoms. The Morgan fingerprint density at radius 2 is 2.16 bits per heavy atom. The number of carbonyl (C=O) groups is 1. The van der Waals surface area contributed by atoms with Gasteiger partial charge in [0.2, 0.25) is 0 Å². The van der Waals surface area contributed by atoms with Crippen molar-refractivity contribution >= 4 is 11.6 Å². The molecule has 1 aromatic carbocycles. The van der Waals surface area contributed by atoms with E-state index in [1.54, 1.807) is 24.1 Å². The number of hydrogen-bond acceptors (Lipinski definition) is 5. The second-order valence-corrected chi connectivity index (χ2v) is 5.20. The number of carbonyl (C=O) groups excluding carboxylic acids is 1. The molecule has 0 unspecified atom stereocenters. The summed E-state index contributed by atoms with van der Waals surface area (Å²) in [6, 6.07) is 5.92. The van der Waals surface area contributed by atoms with Gasteiger partial charge in [0.25, 0.3) is 5.91 Å². The van der Waals surface area contributed by atoms with Gasteiger partial charge in [-0.1, -0.05) is 12.1 Å². The second-order valence-electron chi connectivity index (χ2n) is 5.20. The first-order valence-electron chi connectivity index (χ1n) is 7.45. The first-order valence-corrected chi connectivity index (χ1v) is 7.45. The van der Waals surface area contributed by atoms with Crippen LogP contribution < -0.4 is 5.32 Å². The molecule has 2 aromatic heterocycles. The molecule has 2 heterocycles. The van der Waals surface area contributed by atoms with E-state index in [0.29, 0.717) is 18.8 Å². The van der Waals surface area contributed by atoms with E-state index in [1.807, 2.05) is 0 Å². The van der Waals surface area contributed by atoms with Crippen LogP contribution in [0.25, 0.3) is 5.69 Å². The third kappa shape index (κ3) is 3.66. The van der Waals surface area contributed by atoms with E-state index in [4.69, 9.17) is 4.74 Å². The molecule has 3 aromatic rings. The van der Waals surface area contributed by atoms with Crippen molar-refractivity contribution in [2.75, 3.05) is 19.0 Å². The average molecular weight is 345 g/mol. The Morgan fingerprint density at radius 3 is 2.92 bits per heavy atom. The molecule has 0 atom stereocenters. The average Bonchev–Trinajstić information content (AvgIpc) is 3.20. The smallest absolute Gasteiger partial charge is 0.280 e. The van der Waals surface area contributed by atoms with E-state index >= 15 is 0 Å². The molecule has 2 N–H and O–H groups in total. The molecule has 0 fully saturated rings. The summed E-state index contributed by atoms with van der Waals surface area (Å²) in [6.07, 6.45) is 4.27. The van der Waals surface area contributed by atoms with Crippen LogP contribution in [0, 0.1) is 5.82 Å². The maximum absolute atomic E-state index is 13.8. The predicted molar refractivity (Wildman–Crippen MR) is 87.2 cm³/mol. The van der Waals surface area contributed by atoms with Gasteiger partial charge in [-0.25, -0.2) is 9.07 Å². The van der Waals surface area contributed by atoms with Crippen molar-refractivity contribution in [2.45, 2.75) is 6.54 Å². The van der Waals surface area contributed by atoms with Gasteiger partial charge in [0.1, 0.15) is 11.5 Å². The summed E-state index contributed by atoms with van der Waals surface area (Å²) >= 11 is 0. The molecular formula is C16H16FN5O3. The number of nitrogens with one attached hydrogen (secondary N) is 1. The lowest BCUT2D eigenvalue weighted by molar-refractivity contribution is 0.101. The van der Waals surface area contributed by atoms with Crippen LogP contribution in [0.5, 0.6) is 5.75 Å². The van der Waals surface area contributed by atoms with Crippen molar-refractivity contribution < 1.29 is 19.0 Å². The standard InChI is InChI=1S/C16H16FN5O3/c1-25-7-6-21-9-11(8-18-21)19-16(24)15-14(23)10-22(20-15)13-5-3-2-4-12(13)17/h2-5,8-10,23H,6-7H2,1H3,(H,19,24). The van der Waals surface area contributed by atoms with Gasteiger partial charge in [0.05, 0.1) is 31.2 Å². The lowest BCUT2D eigenvalue weighted by atomic mass is 10.3. The first kappa shape index (κ1) is 16.7. The number of aromatic hydroxyl groups is 1. The number of rotatable bonds is 6. The van der Waals surface area contributed by atoms with Gasteiger partial charge < -0.3 is 15.2 Å². The molecule has 0 aliphatic rings. The van der Waals surface area contributed by atoms with Gasteiger partial charge in [-0.15, -0.1) is 0 Å². The molecular weight excluding hydrogens is 329 g/mol. The molecule has 0 aliphatic heterocycles. The van der Waals surface area contributed by atoms with E-state index in [0.717, 1.165) is 4.68 Å².